The van der Waals surface area contributed by atoms with E-state index in [-0.39, 0.29) is 19.0 Å². The summed E-state index contributed by atoms with van der Waals surface area (Å²) >= 11 is 0. The number of amides is 2. The molecule has 2 heterocycles. The van der Waals surface area contributed by atoms with Gasteiger partial charge in [0.05, 0.1) is 5.69 Å². The molecule has 0 aliphatic heterocycles. The molecule has 0 radical (unpaired) electrons. The molecule has 0 saturated carbocycles. The fraction of sp³-hybridized carbons (Fsp3) is 0.238. The van der Waals surface area contributed by atoms with Gasteiger partial charge in [0.15, 0.2) is 11.8 Å². The molecule has 2 amide bonds. The number of para-hydroxylation sites is 1. The average Bonchev–Trinajstić information content (AvgIpc) is 3.15. The lowest BCUT2D eigenvalue weighted by Crippen LogP contribution is -2.40. The zero-order chi connectivity index (χ0) is 20.8. The zero-order valence-corrected chi connectivity index (χ0v) is 16.2. The number of benzene rings is 1. The van der Waals surface area contributed by atoms with Crippen LogP contribution in [0, 0.1) is 0 Å². The second-order valence-electron chi connectivity index (χ2n) is 6.53. The molecule has 1 aromatic carbocycles. The minimum absolute atomic E-state index is 0.136. The largest absolute Gasteiger partial charge is 0.352 e. The van der Waals surface area contributed by atoms with E-state index in [1.807, 2.05) is 31.2 Å². The van der Waals surface area contributed by atoms with Crippen LogP contribution in [0.4, 0.5) is 10.1 Å². The van der Waals surface area contributed by atoms with Crippen LogP contribution in [-0.2, 0) is 9.59 Å². The summed E-state index contributed by atoms with van der Waals surface area (Å²) < 4.78 is 13.0. The number of H-pyrrole nitrogens is 1. The van der Waals surface area contributed by atoms with Crippen molar-refractivity contribution in [3.05, 3.63) is 60.4 Å². The highest BCUT2D eigenvalue weighted by atomic mass is 19.1. The summed E-state index contributed by atoms with van der Waals surface area (Å²) in [5, 5.41) is 10.4. The molecule has 3 rings (SSSR count). The molecule has 1 unspecified atom stereocenters. The molecule has 0 spiro atoms. The fourth-order valence-electron chi connectivity index (χ4n) is 2.89. The Kier molecular flexibility index (Phi) is 6.33. The fourth-order valence-corrected chi connectivity index (χ4v) is 2.89. The van der Waals surface area contributed by atoms with Crippen LogP contribution in [-0.4, -0.2) is 46.3 Å². The van der Waals surface area contributed by atoms with Gasteiger partial charge in [0.25, 0.3) is 11.8 Å². The summed E-state index contributed by atoms with van der Waals surface area (Å²) in [6.45, 7) is 3.33. The second-order valence-corrected chi connectivity index (χ2v) is 6.53. The lowest BCUT2D eigenvalue weighted by atomic mass is 10.1. The predicted octanol–water partition coefficient (Wildman–Crippen LogP) is 2.87. The Morgan fingerprint density at radius 2 is 2.00 bits per heavy atom. The minimum Gasteiger partial charge on any atom is -0.352 e. The lowest BCUT2D eigenvalue weighted by Gasteiger charge is -2.22. The molecule has 150 valence electrons. The molecule has 0 aliphatic carbocycles. The second kappa shape index (κ2) is 9.09. The normalized spacial score (nSPS) is 12.6. The number of carbonyl (C=O) groups is 2. The summed E-state index contributed by atoms with van der Waals surface area (Å²) in [7, 11) is 0. The van der Waals surface area contributed by atoms with Crippen molar-refractivity contribution in [2.24, 2.45) is 0 Å². The third-order valence-electron chi connectivity index (χ3n) is 4.39. The quantitative estimate of drug-likeness (QED) is 0.602. The van der Waals surface area contributed by atoms with Gasteiger partial charge in [0.1, 0.15) is 0 Å². The highest BCUT2D eigenvalue weighted by Crippen LogP contribution is 2.22. The number of aromatic nitrogens is 3. The van der Waals surface area contributed by atoms with Crippen LogP contribution < -0.4 is 10.2 Å². The standard InChI is InChI=1S/C21H22FN5O2/c1-14(19-17-9-6-10-23-20(17)26-25-19)13-18(28)27(16-7-4-3-5-8-16)12-11-24-21(29)15(2)22/h3-10,13,15H,11-12H2,1-2H3,(H,24,29)(H,23,25,26)/b14-13+. The maximum atomic E-state index is 13.0. The van der Waals surface area contributed by atoms with E-state index < -0.39 is 12.1 Å². The van der Waals surface area contributed by atoms with Crippen LogP contribution in [0.1, 0.15) is 19.5 Å². The third kappa shape index (κ3) is 4.84. The highest BCUT2D eigenvalue weighted by molar-refractivity contribution is 6.06. The molecule has 1 atom stereocenters. The Labute approximate surface area is 167 Å². The van der Waals surface area contributed by atoms with Crippen LogP contribution in [0.3, 0.4) is 0 Å². The molecule has 0 bridgehead atoms. The van der Waals surface area contributed by atoms with Crippen LogP contribution in [0.2, 0.25) is 0 Å². The van der Waals surface area contributed by atoms with Crippen molar-refractivity contribution >= 4 is 34.1 Å². The Morgan fingerprint density at radius 1 is 1.24 bits per heavy atom. The van der Waals surface area contributed by atoms with Gasteiger partial charge in [-0.05, 0) is 43.7 Å². The number of rotatable bonds is 7. The summed E-state index contributed by atoms with van der Waals surface area (Å²) in [5.74, 6) is -0.962. The van der Waals surface area contributed by atoms with E-state index in [4.69, 9.17) is 0 Å². The molecule has 29 heavy (non-hydrogen) atoms. The van der Waals surface area contributed by atoms with Crippen molar-refractivity contribution in [1.29, 1.82) is 0 Å². The molecule has 2 N–H and O–H groups in total. The van der Waals surface area contributed by atoms with Crippen LogP contribution in [0.5, 0.6) is 0 Å². The van der Waals surface area contributed by atoms with Gasteiger partial charge >= 0.3 is 0 Å². The number of anilines is 1. The summed E-state index contributed by atoms with van der Waals surface area (Å²) in [6.07, 6.45) is 1.56. The number of carbonyl (C=O) groups excluding carboxylic acids is 2. The molecule has 3 aromatic rings. The van der Waals surface area contributed by atoms with Crippen molar-refractivity contribution in [3.63, 3.8) is 0 Å². The Balaban J connectivity index is 1.82. The number of halogens is 1. The number of pyridine rings is 1. The van der Waals surface area contributed by atoms with E-state index in [1.54, 1.807) is 24.4 Å². The molecule has 0 aliphatic rings. The van der Waals surface area contributed by atoms with Gasteiger partial charge in [-0.3, -0.25) is 14.7 Å². The van der Waals surface area contributed by atoms with Crippen molar-refractivity contribution in [2.75, 3.05) is 18.0 Å². The van der Waals surface area contributed by atoms with Crippen molar-refractivity contribution < 1.29 is 14.0 Å². The van der Waals surface area contributed by atoms with Gasteiger partial charge in [-0.15, -0.1) is 0 Å². The molecule has 0 fully saturated rings. The van der Waals surface area contributed by atoms with E-state index >= 15 is 0 Å². The predicted molar refractivity (Wildman–Crippen MR) is 110 cm³/mol. The molecular weight excluding hydrogens is 373 g/mol. The Hall–Kier alpha value is -3.55. The van der Waals surface area contributed by atoms with Gasteiger partial charge in [-0.1, -0.05) is 18.2 Å². The Morgan fingerprint density at radius 3 is 2.72 bits per heavy atom. The number of fused-ring (bicyclic) bond motifs is 1. The van der Waals surface area contributed by atoms with E-state index in [0.29, 0.717) is 22.6 Å². The number of alkyl halides is 1. The minimum atomic E-state index is -1.60. The summed E-state index contributed by atoms with van der Waals surface area (Å²) in [5.41, 5.74) is 2.67. The van der Waals surface area contributed by atoms with Crippen LogP contribution in [0.15, 0.2) is 54.7 Å². The van der Waals surface area contributed by atoms with Gasteiger partial charge in [-0.2, -0.15) is 5.10 Å². The van der Waals surface area contributed by atoms with Crippen molar-refractivity contribution in [1.82, 2.24) is 20.5 Å². The summed E-state index contributed by atoms with van der Waals surface area (Å²) in [6, 6.07) is 12.8. The van der Waals surface area contributed by atoms with E-state index in [0.717, 1.165) is 5.39 Å². The smallest absolute Gasteiger partial charge is 0.254 e. The maximum Gasteiger partial charge on any atom is 0.254 e. The molecule has 0 saturated heterocycles. The molecule has 8 heteroatoms. The average molecular weight is 395 g/mol. The Bertz CT molecular complexity index is 1030. The van der Waals surface area contributed by atoms with Crippen molar-refractivity contribution in [3.8, 4) is 0 Å². The van der Waals surface area contributed by atoms with E-state index in [2.05, 4.69) is 20.5 Å². The van der Waals surface area contributed by atoms with Gasteiger partial charge in [0, 0.05) is 36.4 Å². The van der Waals surface area contributed by atoms with Gasteiger partial charge < -0.3 is 10.2 Å². The summed E-state index contributed by atoms with van der Waals surface area (Å²) in [4.78, 5) is 30.2. The van der Waals surface area contributed by atoms with E-state index in [1.165, 1.54) is 17.9 Å². The lowest BCUT2D eigenvalue weighted by molar-refractivity contribution is -0.125. The van der Waals surface area contributed by atoms with Gasteiger partial charge in [-0.25, -0.2) is 9.37 Å². The third-order valence-corrected chi connectivity index (χ3v) is 4.39. The number of aromatic amines is 1. The van der Waals surface area contributed by atoms with E-state index in [9.17, 15) is 14.0 Å². The van der Waals surface area contributed by atoms with Gasteiger partial charge in [0.2, 0.25) is 0 Å². The highest BCUT2D eigenvalue weighted by Gasteiger charge is 2.17. The maximum absolute atomic E-state index is 13.0. The SMILES string of the molecule is C/C(=C\C(=O)N(CCNC(=O)C(C)F)c1ccccc1)c1[nH]nc2ncccc12. The molecule has 7 nitrogen and oxygen atoms in total. The van der Waals surface area contributed by atoms with Crippen molar-refractivity contribution in [2.45, 2.75) is 20.0 Å². The van der Waals surface area contributed by atoms with Crippen LogP contribution >= 0.6 is 0 Å². The van der Waals surface area contributed by atoms with Crippen LogP contribution in [0.25, 0.3) is 16.6 Å². The zero-order valence-electron chi connectivity index (χ0n) is 16.2. The number of nitrogens with one attached hydrogen (secondary N) is 2. The first-order valence-electron chi connectivity index (χ1n) is 9.23. The number of allylic oxidation sites excluding steroid dienone is 1. The number of hydrogen-bond donors (Lipinski definition) is 2. The topological polar surface area (TPSA) is 91.0 Å². The molecule has 2 aromatic heterocycles. The first-order chi connectivity index (χ1) is 14.0. The molecular formula is C21H22FN5O2. The first-order valence-corrected chi connectivity index (χ1v) is 9.23. The number of nitrogens with zero attached hydrogens (tertiary/aromatic N) is 3. The monoisotopic (exact) mass is 395 g/mol. The number of hydrogen-bond acceptors (Lipinski definition) is 4. The first kappa shape index (κ1) is 20.2.